The Balaban J connectivity index is 0.000000146. The third-order valence-electron chi connectivity index (χ3n) is 30.8. The van der Waals surface area contributed by atoms with Gasteiger partial charge in [0.15, 0.2) is 0 Å². The number of hydrogen-bond donors (Lipinski definition) is 5. The van der Waals surface area contributed by atoms with Crippen LogP contribution >= 0.6 is 0 Å². The smallest absolute Gasteiger partial charge is 0.407 e. The lowest BCUT2D eigenvalue weighted by atomic mass is 9.80. The van der Waals surface area contributed by atoms with Crippen molar-refractivity contribution in [3.63, 3.8) is 0 Å². The average molecular weight is 2000 g/mol. The van der Waals surface area contributed by atoms with E-state index in [9.17, 15) is 42.3 Å². The van der Waals surface area contributed by atoms with Gasteiger partial charge in [-0.05, 0) is 338 Å². The number of carbonyl (C=O) groups excluding carboxylic acids is 7. The second kappa shape index (κ2) is 52.0. The summed E-state index contributed by atoms with van der Waals surface area (Å²) < 4.78 is 38.3. The van der Waals surface area contributed by atoms with E-state index in [-0.39, 0.29) is 71.7 Å². The molecule has 18 rings (SSSR count). The van der Waals surface area contributed by atoms with Gasteiger partial charge >= 0.3 is 18.2 Å². The van der Waals surface area contributed by atoms with Crippen LogP contribution < -0.4 is 16.0 Å². The van der Waals surface area contributed by atoms with Crippen molar-refractivity contribution in [2.24, 2.45) is 35.5 Å². The number of urea groups is 1. The molecule has 5 N–H and O–H groups in total. The number of hydrogen-bond acceptors (Lipinski definition) is 9. The maximum atomic E-state index is 13.9. The van der Waals surface area contributed by atoms with Gasteiger partial charge in [-0.1, -0.05) is 235 Å². The number of nitrogens with one attached hydrogen (secondary N) is 5. The maximum absolute atomic E-state index is 13.9. The summed E-state index contributed by atoms with van der Waals surface area (Å²) in [5.41, 5.74) is 24.7. The van der Waals surface area contributed by atoms with Gasteiger partial charge in [0.25, 0.3) is 0 Å². The molecule has 21 heteroatoms. The van der Waals surface area contributed by atoms with E-state index in [1.54, 1.807) is 18.2 Å². The molecule has 147 heavy (non-hydrogen) atoms. The molecule has 9 aromatic rings. The number of carbonyl (C=O) groups is 7. The van der Waals surface area contributed by atoms with Crippen molar-refractivity contribution in [1.29, 1.82) is 0 Å². The van der Waals surface area contributed by atoms with E-state index in [2.05, 4.69) is 231 Å². The van der Waals surface area contributed by atoms with Crippen LogP contribution in [0.1, 0.15) is 338 Å². The molecule has 19 nitrogen and oxygen atoms in total. The van der Waals surface area contributed by atoms with Gasteiger partial charge in [0, 0.05) is 111 Å². The summed E-state index contributed by atoms with van der Waals surface area (Å²) in [6.07, 6.45) is 26.8. The lowest BCUT2D eigenvalue weighted by Gasteiger charge is -2.41. The Morgan fingerprint density at radius 2 is 0.823 bits per heavy atom. The molecular weight excluding hydrogens is 1840 g/mol. The Kier molecular flexibility index (Phi) is 39.3. The highest BCUT2D eigenvalue weighted by atomic mass is 19.1. The molecule has 5 aliphatic heterocycles. The van der Waals surface area contributed by atoms with Crippen LogP contribution in [-0.4, -0.2) is 158 Å². The van der Waals surface area contributed by atoms with Crippen LogP contribution in [0.15, 0.2) is 187 Å². The van der Waals surface area contributed by atoms with Crippen molar-refractivity contribution < 1.29 is 51.8 Å². The summed E-state index contributed by atoms with van der Waals surface area (Å²) in [4.78, 5) is 107. The number of benzene rings is 7. The Morgan fingerprint density at radius 1 is 0.395 bits per heavy atom. The molecule has 790 valence electrons. The number of nitrogens with zero attached hydrogens (tertiary/aromatic N) is 5. The van der Waals surface area contributed by atoms with Gasteiger partial charge in [0.2, 0.25) is 23.6 Å². The molecule has 0 saturated heterocycles. The molecule has 8 amide bonds. The van der Waals surface area contributed by atoms with Gasteiger partial charge in [0.1, 0.15) is 22.8 Å². The van der Waals surface area contributed by atoms with E-state index in [4.69, 9.17) is 9.47 Å². The summed E-state index contributed by atoms with van der Waals surface area (Å²) in [6, 6.07) is 57.6. The zero-order chi connectivity index (χ0) is 105. The summed E-state index contributed by atoms with van der Waals surface area (Å²) in [5, 5.41) is 11.4. The lowest BCUT2D eigenvalue weighted by Crippen LogP contribution is -2.48. The first-order chi connectivity index (χ1) is 70.6. The SMILES string of the molecule is CC(C)CC1C2=C(CCN1C(=O)C1CCC(CNC(=O)OC(C)(C)C)CC1)c1ccc(F)cc1C2.CC(C)CC1C2=C(CCN1C(=O)CCCCNC(=O)OC(C)(C)C)c1cc(F)ccc1C2.CC(C)CC1C2=C(CCN1C(=O)CCc1ccccc1)c1ccccc1C2.CCCCCCCC(=O)N1CCc2c([nH]c3ccccc23)C1CC(C)C.CCCCNC(=O)N1CCc2c([nH]c3ccccc23)C1Cc1ccccc1. The van der Waals surface area contributed by atoms with Crippen LogP contribution in [-0.2, 0) is 73.6 Å². The van der Waals surface area contributed by atoms with Gasteiger partial charge in [-0.25, -0.2) is 23.2 Å². The molecule has 0 bridgehead atoms. The van der Waals surface area contributed by atoms with Gasteiger partial charge in [-0.2, -0.15) is 0 Å². The van der Waals surface area contributed by atoms with Crippen LogP contribution in [0.5, 0.6) is 0 Å². The number of aromatic amines is 2. The molecule has 7 aromatic carbocycles. The number of halogens is 2. The quantitative estimate of drug-likeness (QED) is 0.0270. The highest BCUT2D eigenvalue weighted by Crippen LogP contribution is 2.49. The fourth-order valence-corrected chi connectivity index (χ4v) is 23.9. The van der Waals surface area contributed by atoms with Crippen molar-refractivity contribution in [2.45, 2.75) is 345 Å². The topological polar surface area (TPSA) is 222 Å². The van der Waals surface area contributed by atoms with Gasteiger partial charge in [-0.3, -0.25) is 19.2 Å². The number of H-pyrrole nitrogens is 2. The van der Waals surface area contributed by atoms with Crippen LogP contribution in [0.25, 0.3) is 38.5 Å². The number of aromatic nitrogens is 2. The van der Waals surface area contributed by atoms with Gasteiger partial charge in [-0.15, -0.1) is 0 Å². The molecule has 1 saturated carbocycles. The van der Waals surface area contributed by atoms with E-state index < -0.39 is 17.3 Å². The number of ether oxygens (including phenoxy) is 2. The van der Waals surface area contributed by atoms with Crippen molar-refractivity contribution in [1.82, 2.24) is 50.4 Å². The number of alkyl carbamates (subject to hydrolysis) is 2. The minimum atomic E-state index is -0.515. The number of para-hydroxylation sites is 2. The highest BCUT2D eigenvalue weighted by Gasteiger charge is 2.44. The van der Waals surface area contributed by atoms with E-state index in [1.165, 1.54) is 137 Å². The number of fused-ring (bicyclic) bond motifs is 12. The molecule has 4 aliphatic carbocycles. The number of rotatable bonds is 30. The monoisotopic (exact) mass is 2000 g/mol. The number of amides is 8. The Bertz CT molecular complexity index is 6060. The molecule has 1 fully saturated rings. The third kappa shape index (κ3) is 29.5. The van der Waals surface area contributed by atoms with Crippen molar-refractivity contribution >= 4 is 80.4 Å². The summed E-state index contributed by atoms with van der Waals surface area (Å²) in [5.74, 6) is 3.23. The summed E-state index contributed by atoms with van der Waals surface area (Å²) in [6.45, 7) is 39.0. The van der Waals surface area contributed by atoms with E-state index in [0.717, 1.165) is 197 Å². The first-order valence-corrected chi connectivity index (χ1v) is 55.8. The fraction of sp³-hybridized carbons (Fsp3) is 0.532. The Labute approximate surface area is 875 Å². The van der Waals surface area contributed by atoms with Crippen molar-refractivity contribution in [3.05, 3.63) is 265 Å². The van der Waals surface area contributed by atoms with E-state index >= 15 is 0 Å². The molecule has 2 aromatic heterocycles. The summed E-state index contributed by atoms with van der Waals surface area (Å²) in [7, 11) is 0. The zero-order valence-corrected chi connectivity index (χ0v) is 91.1. The highest BCUT2D eigenvalue weighted by molar-refractivity contribution is 5.90. The predicted octanol–water partition coefficient (Wildman–Crippen LogP) is 27.7. The average Bonchev–Trinajstić information content (AvgIpc) is 1.63. The molecule has 0 radical (unpaired) electrons. The molecule has 0 spiro atoms. The second-order valence-corrected chi connectivity index (χ2v) is 46.2. The van der Waals surface area contributed by atoms with Crippen molar-refractivity contribution in [2.75, 3.05) is 52.4 Å². The minimum absolute atomic E-state index is 0.0326. The van der Waals surface area contributed by atoms with Gasteiger partial charge in [0.05, 0.1) is 30.2 Å². The predicted molar refractivity (Wildman–Crippen MR) is 592 cm³/mol. The zero-order valence-electron chi connectivity index (χ0n) is 91.1. The summed E-state index contributed by atoms with van der Waals surface area (Å²) >= 11 is 0. The Hall–Kier alpha value is -11.6. The first-order valence-electron chi connectivity index (χ1n) is 55.8. The normalized spacial score (nSPS) is 19.1. The third-order valence-corrected chi connectivity index (χ3v) is 30.8. The molecule has 5 atom stereocenters. The van der Waals surface area contributed by atoms with Crippen LogP contribution in [0.2, 0.25) is 0 Å². The maximum Gasteiger partial charge on any atom is 0.407 e. The standard InChI is InChI=1S/C29H41FN2O3.C26H37FN2O3.C25H29NO.C23H27N3O.C23H34N2O/c1-18(2)14-26-25-16-21-15-22(30)10-11-23(21)24(25)12-13-32(26)27(33)20-8-6-19(7-9-20)17-31-28(34)35-29(3,4)5;1-17(2)14-23-22-15-18-9-10-19(27)16-21(18)20(22)11-13-29(23)24(30)8-6-7-12-28-25(31)32-26(3,4)5;1-18(2)16-24-23-17-20-10-6-7-11-21(20)22(23)14-15-26(24)25(27)13-12-19-8-4-3-5-9-19;1-2-3-14-24-23(27)26-15-13-19-18-11-7-8-12-20(18)25-22(19)21(26)16-17-9-5-4-6-10-17;1-4-5-6-7-8-13-22(26)25-15-14-19-18-11-9-10-12-20(18)24-23(19)21(25)16-17(2)3/h10-11,15,18-20,26H,6-9,12-14,16-17H2,1-5H3,(H,31,34);9-10,16-17,23H,6-8,11-15H2,1-5H3,(H,28,31);3-11,18,24H,12-17H2,1-2H3;4-12,21,25H,2-3,13-16H2,1H3,(H,24,27);9-12,17,21,24H,4-8,13-16H2,1-3H3. The molecule has 9 aliphatic rings. The van der Waals surface area contributed by atoms with Crippen LogP contribution in [0, 0.1) is 47.1 Å². The van der Waals surface area contributed by atoms with E-state index in [1.807, 2.05) is 75.6 Å². The minimum Gasteiger partial charge on any atom is -0.444 e. The second-order valence-electron chi connectivity index (χ2n) is 46.2. The van der Waals surface area contributed by atoms with Crippen LogP contribution in [0.4, 0.5) is 23.2 Å². The lowest BCUT2D eigenvalue weighted by molar-refractivity contribution is -0.139. The molecular formula is C126H168F2N10O9. The molecule has 5 unspecified atom stereocenters. The number of unbranched alkanes of at least 4 members (excludes halogenated alkanes) is 6. The number of aryl methyl sites for hydroxylation is 1. The van der Waals surface area contributed by atoms with Gasteiger partial charge < -0.3 is 59.9 Å². The first kappa shape index (κ1) is 111. The fourth-order valence-electron chi connectivity index (χ4n) is 23.9. The molecule has 7 heterocycles. The largest absolute Gasteiger partial charge is 0.444 e. The van der Waals surface area contributed by atoms with Crippen molar-refractivity contribution in [3.8, 4) is 0 Å². The van der Waals surface area contributed by atoms with Crippen LogP contribution in [0.3, 0.4) is 0 Å². The van der Waals surface area contributed by atoms with E-state index in [0.29, 0.717) is 80.3 Å². The Morgan fingerprint density at radius 3 is 1.39 bits per heavy atom.